The van der Waals surface area contributed by atoms with E-state index in [0.717, 1.165) is 44.9 Å². The Balaban J connectivity index is 1.93. The SMILES string of the molecule is Brc1cc(Br)c(N2C=CN(c3c(Br)cc(Br)cc3Br)C2)c(Br)c1. The van der Waals surface area contributed by atoms with Crippen molar-refractivity contribution in [2.24, 2.45) is 0 Å². The minimum atomic E-state index is 0.720. The molecular weight excluding hydrogens is 688 g/mol. The molecule has 1 aliphatic heterocycles. The Labute approximate surface area is 185 Å². The number of anilines is 2. The van der Waals surface area contributed by atoms with Crippen LogP contribution in [0.25, 0.3) is 0 Å². The van der Waals surface area contributed by atoms with Crippen molar-refractivity contribution in [2.45, 2.75) is 0 Å². The second-order valence-corrected chi connectivity index (χ2v) is 10.1. The number of rotatable bonds is 2. The van der Waals surface area contributed by atoms with E-state index in [1.54, 1.807) is 0 Å². The molecule has 2 nitrogen and oxygen atoms in total. The first-order chi connectivity index (χ1) is 10.9. The first kappa shape index (κ1) is 18.5. The normalized spacial score (nSPS) is 14.0. The van der Waals surface area contributed by atoms with Crippen molar-refractivity contribution < 1.29 is 0 Å². The molecule has 0 saturated heterocycles. The Kier molecular flexibility index (Phi) is 6.01. The smallest absolute Gasteiger partial charge is 0.0991 e. The van der Waals surface area contributed by atoms with Crippen LogP contribution in [0.5, 0.6) is 0 Å². The Morgan fingerprint density at radius 2 is 0.870 bits per heavy atom. The van der Waals surface area contributed by atoms with Crippen LogP contribution in [0.15, 0.2) is 63.5 Å². The van der Waals surface area contributed by atoms with Crippen LogP contribution in [-0.4, -0.2) is 6.67 Å². The lowest BCUT2D eigenvalue weighted by atomic mass is 10.3. The molecule has 0 radical (unpaired) electrons. The first-order valence-corrected chi connectivity index (χ1v) is 11.1. The van der Waals surface area contributed by atoms with Gasteiger partial charge < -0.3 is 9.80 Å². The molecule has 0 amide bonds. The number of halogens is 6. The second-order valence-electron chi connectivity index (χ2n) is 4.82. The van der Waals surface area contributed by atoms with Crippen LogP contribution < -0.4 is 9.80 Å². The van der Waals surface area contributed by atoms with Crippen LogP contribution in [0.2, 0.25) is 0 Å². The van der Waals surface area contributed by atoms with Crippen LogP contribution in [-0.2, 0) is 0 Å². The molecule has 1 aliphatic rings. The fourth-order valence-electron chi connectivity index (χ4n) is 2.33. The van der Waals surface area contributed by atoms with Gasteiger partial charge in [0.15, 0.2) is 0 Å². The van der Waals surface area contributed by atoms with Crippen molar-refractivity contribution >= 4 is 107 Å². The molecule has 0 unspecified atom stereocenters. The quantitative estimate of drug-likeness (QED) is 0.314. The van der Waals surface area contributed by atoms with Gasteiger partial charge in [-0.1, -0.05) is 31.9 Å². The molecule has 0 fully saturated rings. The van der Waals surface area contributed by atoms with E-state index in [1.807, 2.05) is 24.3 Å². The van der Waals surface area contributed by atoms with Gasteiger partial charge in [-0.3, -0.25) is 0 Å². The highest BCUT2D eigenvalue weighted by molar-refractivity contribution is 9.12. The van der Waals surface area contributed by atoms with Gasteiger partial charge in [-0.2, -0.15) is 0 Å². The molecule has 0 bridgehead atoms. The van der Waals surface area contributed by atoms with Gasteiger partial charge in [-0.15, -0.1) is 0 Å². The van der Waals surface area contributed by atoms with Gasteiger partial charge in [0, 0.05) is 39.2 Å². The highest BCUT2D eigenvalue weighted by Gasteiger charge is 2.23. The molecule has 120 valence electrons. The summed E-state index contributed by atoms with van der Waals surface area (Å²) in [6, 6.07) is 8.17. The first-order valence-electron chi connectivity index (χ1n) is 6.37. The average Bonchev–Trinajstić information content (AvgIpc) is 2.85. The van der Waals surface area contributed by atoms with Crippen molar-refractivity contribution in [3.05, 3.63) is 63.5 Å². The molecule has 0 N–H and O–H groups in total. The molecule has 0 saturated carbocycles. The Hall–Kier alpha value is 0.660. The summed E-state index contributed by atoms with van der Waals surface area (Å²) >= 11 is 21.6. The van der Waals surface area contributed by atoms with Crippen LogP contribution in [0.4, 0.5) is 11.4 Å². The zero-order valence-corrected chi connectivity index (χ0v) is 20.8. The number of benzene rings is 2. The summed E-state index contributed by atoms with van der Waals surface area (Å²) in [5, 5.41) is 0. The maximum Gasteiger partial charge on any atom is 0.0991 e. The predicted octanol–water partition coefficient (Wildman–Crippen LogP) is 8.02. The highest BCUT2D eigenvalue weighted by atomic mass is 79.9. The second kappa shape index (κ2) is 7.50. The molecule has 0 atom stereocenters. The molecular formula is C15H8Br6N2. The van der Waals surface area contributed by atoms with Crippen molar-refractivity contribution in [1.29, 1.82) is 0 Å². The van der Waals surface area contributed by atoms with E-state index in [9.17, 15) is 0 Å². The summed E-state index contributed by atoms with van der Waals surface area (Å²) in [5.74, 6) is 0. The van der Waals surface area contributed by atoms with Crippen LogP contribution in [0.3, 0.4) is 0 Å². The lowest BCUT2D eigenvalue weighted by Crippen LogP contribution is -2.25. The maximum atomic E-state index is 3.64. The average molecular weight is 696 g/mol. The van der Waals surface area contributed by atoms with Gasteiger partial charge in [-0.05, 0) is 88.0 Å². The zero-order chi connectivity index (χ0) is 16.7. The summed E-state index contributed by atoms with van der Waals surface area (Å²) in [5.41, 5.74) is 2.19. The molecule has 1 heterocycles. The van der Waals surface area contributed by atoms with Gasteiger partial charge in [-0.25, -0.2) is 0 Å². The van der Waals surface area contributed by atoms with E-state index < -0.39 is 0 Å². The summed E-state index contributed by atoms with van der Waals surface area (Å²) in [4.78, 5) is 4.36. The van der Waals surface area contributed by atoms with Gasteiger partial charge in [0.05, 0.1) is 18.0 Å². The number of hydrogen-bond acceptors (Lipinski definition) is 2. The summed E-state index contributed by atoms with van der Waals surface area (Å²) in [6.07, 6.45) is 4.14. The van der Waals surface area contributed by atoms with Crippen molar-refractivity contribution in [1.82, 2.24) is 0 Å². The maximum absolute atomic E-state index is 3.64. The highest BCUT2D eigenvalue weighted by Crippen LogP contribution is 2.42. The van der Waals surface area contributed by atoms with E-state index in [2.05, 4.69) is 118 Å². The Morgan fingerprint density at radius 3 is 1.17 bits per heavy atom. The molecule has 23 heavy (non-hydrogen) atoms. The third kappa shape index (κ3) is 3.92. The molecule has 2 aromatic rings. The minimum Gasteiger partial charge on any atom is -0.326 e. The lowest BCUT2D eigenvalue weighted by Gasteiger charge is -2.25. The molecule has 0 spiro atoms. The zero-order valence-electron chi connectivity index (χ0n) is 11.3. The number of nitrogens with zero attached hydrogens (tertiary/aromatic N) is 2. The van der Waals surface area contributed by atoms with Crippen molar-refractivity contribution in [3.63, 3.8) is 0 Å². The van der Waals surface area contributed by atoms with Gasteiger partial charge in [0.1, 0.15) is 0 Å². The van der Waals surface area contributed by atoms with Crippen molar-refractivity contribution in [2.75, 3.05) is 16.5 Å². The van der Waals surface area contributed by atoms with Crippen LogP contribution in [0, 0.1) is 0 Å². The monoisotopic (exact) mass is 690 g/mol. The minimum absolute atomic E-state index is 0.720. The third-order valence-electron chi connectivity index (χ3n) is 3.27. The fourth-order valence-corrected chi connectivity index (χ4v) is 7.76. The fraction of sp³-hybridized carbons (Fsp3) is 0.0667. The third-order valence-corrected chi connectivity index (χ3v) is 6.60. The summed E-state index contributed by atoms with van der Waals surface area (Å²) in [7, 11) is 0. The number of hydrogen-bond donors (Lipinski definition) is 0. The van der Waals surface area contributed by atoms with E-state index in [-0.39, 0.29) is 0 Å². The topological polar surface area (TPSA) is 6.48 Å². The predicted molar refractivity (Wildman–Crippen MR) is 118 cm³/mol. The van der Waals surface area contributed by atoms with E-state index in [4.69, 9.17) is 0 Å². The van der Waals surface area contributed by atoms with Crippen molar-refractivity contribution in [3.8, 4) is 0 Å². The van der Waals surface area contributed by atoms with E-state index >= 15 is 0 Å². The molecule has 8 heteroatoms. The van der Waals surface area contributed by atoms with Crippen LogP contribution in [0.1, 0.15) is 0 Å². The van der Waals surface area contributed by atoms with Crippen LogP contribution >= 0.6 is 95.6 Å². The molecule has 0 aromatic heterocycles. The Morgan fingerprint density at radius 1 is 0.565 bits per heavy atom. The van der Waals surface area contributed by atoms with Gasteiger partial charge in [0.2, 0.25) is 0 Å². The summed E-state index contributed by atoms with van der Waals surface area (Å²) in [6.45, 7) is 0.720. The molecule has 2 aromatic carbocycles. The van der Waals surface area contributed by atoms with E-state index in [0.29, 0.717) is 0 Å². The van der Waals surface area contributed by atoms with Gasteiger partial charge >= 0.3 is 0 Å². The summed E-state index contributed by atoms with van der Waals surface area (Å²) < 4.78 is 6.16. The molecule has 0 aliphatic carbocycles. The lowest BCUT2D eigenvalue weighted by molar-refractivity contribution is 0.965. The molecule has 3 rings (SSSR count). The van der Waals surface area contributed by atoms with E-state index in [1.165, 1.54) is 0 Å². The standard InChI is InChI=1S/C15H8Br6N2/c16-8-3-10(18)14(11(19)4-8)22-1-2-23(7-22)15-12(20)5-9(17)6-13(15)21/h1-6H,7H2. The largest absolute Gasteiger partial charge is 0.326 e. The van der Waals surface area contributed by atoms with Gasteiger partial charge in [0.25, 0.3) is 0 Å². The Bertz CT molecular complexity index is 693.